The molecule has 0 atom stereocenters. The topological polar surface area (TPSA) is 84.0 Å². The molecule has 1 aromatic rings. The van der Waals surface area contributed by atoms with E-state index in [0.29, 0.717) is 6.42 Å². The van der Waals surface area contributed by atoms with E-state index in [9.17, 15) is 18.0 Å². The Labute approximate surface area is 157 Å². The molecule has 0 bridgehead atoms. The van der Waals surface area contributed by atoms with Crippen LogP contribution in [0.4, 0.5) is 0 Å². The van der Waals surface area contributed by atoms with Crippen molar-refractivity contribution in [2.45, 2.75) is 25.2 Å². The quantitative estimate of drug-likeness (QED) is 0.584. The number of carbonyl (C=O) groups excluding carboxylic acids is 2. The molecule has 0 aliphatic rings. The van der Waals surface area contributed by atoms with E-state index >= 15 is 0 Å². The molecular formula is C16H23BrN2O5S. The number of hydrogen-bond acceptors (Lipinski definition) is 5. The molecule has 0 fully saturated rings. The molecule has 0 saturated carbocycles. The number of carbonyl (C=O) groups is 2. The zero-order chi connectivity index (χ0) is 19.2. The first-order valence-corrected chi connectivity index (χ1v) is 10.0. The number of esters is 1. The predicted octanol–water partition coefficient (Wildman–Crippen LogP) is 2.11. The van der Waals surface area contributed by atoms with Gasteiger partial charge in [-0.2, -0.15) is 4.31 Å². The summed E-state index contributed by atoms with van der Waals surface area (Å²) in [4.78, 5) is 25.1. The fourth-order valence-electron chi connectivity index (χ4n) is 2.02. The van der Waals surface area contributed by atoms with Crippen molar-refractivity contribution in [1.29, 1.82) is 0 Å². The van der Waals surface area contributed by atoms with Gasteiger partial charge in [0.15, 0.2) is 0 Å². The standard InChI is InChI=1S/C16H23BrN2O5S/c1-5-9-19(11-15(20)18(3)4)25(22,23)14-8-7-12(10-13(14)17)16(21)24-6-2/h7-8,10H,5-6,9,11H2,1-4H3. The fourth-order valence-corrected chi connectivity index (χ4v) is 4.54. The second-order valence-corrected chi connectivity index (χ2v) is 8.25. The van der Waals surface area contributed by atoms with Crippen LogP contribution in [0.2, 0.25) is 0 Å². The van der Waals surface area contributed by atoms with Crippen LogP contribution in [0.3, 0.4) is 0 Å². The number of rotatable bonds is 8. The summed E-state index contributed by atoms with van der Waals surface area (Å²) in [6, 6.07) is 4.14. The Morgan fingerprint density at radius 3 is 2.32 bits per heavy atom. The minimum absolute atomic E-state index is 0.000514. The first kappa shape index (κ1) is 21.6. The Balaban J connectivity index is 3.21. The van der Waals surface area contributed by atoms with Crippen molar-refractivity contribution in [1.82, 2.24) is 9.21 Å². The number of halogens is 1. The summed E-state index contributed by atoms with van der Waals surface area (Å²) in [6.07, 6.45) is 0.568. The van der Waals surface area contributed by atoms with Crippen LogP contribution in [0.15, 0.2) is 27.6 Å². The lowest BCUT2D eigenvalue weighted by molar-refractivity contribution is -0.128. The lowest BCUT2D eigenvalue weighted by Crippen LogP contribution is -2.40. The fraction of sp³-hybridized carbons (Fsp3) is 0.500. The Bertz CT molecular complexity index is 734. The summed E-state index contributed by atoms with van der Waals surface area (Å²) in [5.74, 6) is -0.836. The SMILES string of the molecule is CCCN(CC(=O)N(C)C)S(=O)(=O)c1ccc(C(=O)OCC)cc1Br. The summed E-state index contributed by atoms with van der Waals surface area (Å²) in [5, 5.41) is 0. The molecule has 0 unspecified atom stereocenters. The minimum Gasteiger partial charge on any atom is -0.462 e. The van der Waals surface area contributed by atoms with E-state index in [1.54, 1.807) is 21.0 Å². The molecule has 0 aromatic heterocycles. The number of hydrogen-bond donors (Lipinski definition) is 0. The van der Waals surface area contributed by atoms with Crippen molar-refractivity contribution in [3.63, 3.8) is 0 Å². The smallest absolute Gasteiger partial charge is 0.338 e. The van der Waals surface area contributed by atoms with Gasteiger partial charge in [0.25, 0.3) is 0 Å². The van der Waals surface area contributed by atoms with E-state index in [2.05, 4.69) is 15.9 Å². The molecule has 1 aromatic carbocycles. The van der Waals surface area contributed by atoms with Crippen LogP contribution in [0.5, 0.6) is 0 Å². The zero-order valence-electron chi connectivity index (χ0n) is 14.8. The summed E-state index contributed by atoms with van der Waals surface area (Å²) in [5.41, 5.74) is 0.249. The van der Waals surface area contributed by atoms with Crippen molar-refractivity contribution in [2.75, 3.05) is 33.8 Å². The molecular weight excluding hydrogens is 412 g/mol. The molecule has 0 aliphatic heterocycles. The van der Waals surface area contributed by atoms with Gasteiger partial charge in [-0.3, -0.25) is 4.79 Å². The van der Waals surface area contributed by atoms with E-state index in [-0.39, 0.29) is 40.5 Å². The number of benzene rings is 1. The lowest BCUT2D eigenvalue weighted by atomic mass is 10.2. The normalized spacial score (nSPS) is 11.4. The summed E-state index contributed by atoms with van der Waals surface area (Å²) < 4.78 is 32.1. The van der Waals surface area contributed by atoms with Crippen molar-refractivity contribution in [3.05, 3.63) is 28.2 Å². The molecule has 9 heteroatoms. The summed E-state index contributed by atoms with van der Waals surface area (Å²) in [7, 11) is -0.745. The van der Waals surface area contributed by atoms with Crippen LogP contribution >= 0.6 is 15.9 Å². The highest BCUT2D eigenvalue weighted by atomic mass is 79.9. The van der Waals surface area contributed by atoms with Gasteiger partial charge in [-0.25, -0.2) is 13.2 Å². The molecule has 1 amide bonds. The molecule has 0 radical (unpaired) electrons. The third-order valence-electron chi connectivity index (χ3n) is 3.34. The van der Waals surface area contributed by atoms with Gasteiger partial charge >= 0.3 is 5.97 Å². The maximum absolute atomic E-state index is 12.9. The van der Waals surface area contributed by atoms with Gasteiger partial charge in [0.2, 0.25) is 15.9 Å². The monoisotopic (exact) mass is 434 g/mol. The molecule has 1 rings (SSSR count). The first-order chi connectivity index (χ1) is 11.6. The van der Waals surface area contributed by atoms with E-state index in [0.717, 1.165) is 4.31 Å². The van der Waals surface area contributed by atoms with Crippen LogP contribution in [-0.4, -0.2) is 63.3 Å². The third kappa shape index (κ3) is 5.52. The van der Waals surface area contributed by atoms with Crippen molar-refractivity contribution < 1.29 is 22.7 Å². The van der Waals surface area contributed by atoms with Crippen molar-refractivity contribution in [2.24, 2.45) is 0 Å². The van der Waals surface area contributed by atoms with Crippen LogP contribution in [-0.2, 0) is 19.6 Å². The largest absolute Gasteiger partial charge is 0.462 e. The average molecular weight is 435 g/mol. The summed E-state index contributed by atoms with van der Waals surface area (Å²) >= 11 is 3.21. The first-order valence-electron chi connectivity index (χ1n) is 7.82. The predicted molar refractivity (Wildman–Crippen MR) is 97.8 cm³/mol. The van der Waals surface area contributed by atoms with Gasteiger partial charge in [-0.1, -0.05) is 6.92 Å². The Morgan fingerprint density at radius 2 is 1.84 bits per heavy atom. The highest BCUT2D eigenvalue weighted by Gasteiger charge is 2.28. The molecule has 7 nitrogen and oxygen atoms in total. The van der Waals surface area contributed by atoms with Gasteiger partial charge in [0.05, 0.1) is 23.6 Å². The van der Waals surface area contributed by atoms with Crippen LogP contribution < -0.4 is 0 Å². The Hall–Kier alpha value is -1.45. The Kier molecular flexibility index (Phi) is 8.04. The van der Waals surface area contributed by atoms with E-state index < -0.39 is 16.0 Å². The van der Waals surface area contributed by atoms with E-state index in [1.807, 2.05) is 6.92 Å². The molecule has 0 N–H and O–H groups in total. The lowest BCUT2D eigenvalue weighted by Gasteiger charge is -2.23. The minimum atomic E-state index is -3.89. The van der Waals surface area contributed by atoms with Crippen molar-refractivity contribution in [3.8, 4) is 0 Å². The molecule has 0 heterocycles. The molecule has 140 valence electrons. The molecule has 0 spiro atoms. The molecule has 0 aliphatic carbocycles. The number of likely N-dealkylation sites (N-methyl/N-ethyl adjacent to an activating group) is 1. The van der Waals surface area contributed by atoms with Gasteiger partial charge in [0.1, 0.15) is 0 Å². The van der Waals surface area contributed by atoms with E-state index in [1.165, 1.54) is 23.1 Å². The maximum Gasteiger partial charge on any atom is 0.338 e. The van der Waals surface area contributed by atoms with Gasteiger partial charge in [-0.05, 0) is 47.5 Å². The maximum atomic E-state index is 12.9. The summed E-state index contributed by atoms with van der Waals surface area (Å²) in [6.45, 7) is 3.73. The van der Waals surface area contributed by atoms with Crippen LogP contribution in [0.1, 0.15) is 30.6 Å². The zero-order valence-corrected chi connectivity index (χ0v) is 17.2. The van der Waals surface area contributed by atoms with Gasteiger partial charge in [0, 0.05) is 25.1 Å². The second kappa shape index (κ2) is 9.30. The number of ether oxygens (including phenoxy) is 1. The van der Waals surface area contributed by atoms with Crippen LogP contribution in [0, 0.1) is 0 Å². The van der Waals surface area contributed by atoms with Gasteiger partial charge in [-0.15, -0.1) is 0 Å². The molecule has 25 heavy (non-hydrogen) atoms. The number of amides is 1. The highest BCUT2D eigenvalue weighted by Crippen LogP contribution is 2.27. The third-order valence-corrected chi connectivity index (χ3v) is 6.17. The van der Waals surface area contributed by atoms with E-state index in [4.69, 9.17) is 4.74 Å². The number of sulfonamides is 1. The number of nitrogens with zero attached hydrogens (tertiary/aromatic N) is 2. The van der Waals surface area contributed by atoms with Gasteiger partial charge < -0.3 is 9.64 Å². The van der Waals surface area contributed by atoms with Crippen LogP contribution in [0.25, 0.3) is 0 Å². The average Bonchev–Trinajstić information content (AvgIpc) is 2.54. The van der Waals surface area contributed by atoms with Crippen molar-refractivity contribution >= 4 is 37.8 Å². The second-order valence-electron chi connectivity index (χ2n) is 5.49. The Morgan fingerprint density at radius 1 is 1.20 bits per heavy atom. The highest BCUT2D eigenvalue weighted by molar-refractivity contribution is 9.10. The molecule has 0 saturated heterocycles.